The van der Waals surface area contributed by atoms with Crippen LogP contribution < -0.4 is 0 Å². The lowest BCUT2D eigenvalue weighted by molar-refractivity contribution is -0.00322. The van der Waals surface area contributed by atoms with Crippen molar-refractivity contribution >= 4 is 0 Å². The largest absolute Gasteiger partial charge is 0.391 e. The highest BCUT2D eigenvalue weighted by atomic mass is 16.3. The summed E-state index contributed by atoms with van der Waals surface area (Å²) in [5, 5.41) is 10.4. The molecule has 2 heteroatoms. The zero-order valence-corrected chi connectivity index (χ0v) is 12.0. The first-order valence-electron chi connectivity index (χ1n) is 7.52. The van der Waals surface area contributed by atoms with Gasteiger partial charge in [0.05, 0.1) is 6.10 Å². The lowest BCUT2D eigenvalue weighted by Gasteiger charge is -2.39. The second kappa shape index (κ2) is 7.38. The number of hydrogen-bond donors (Lipinski definition) is 1. The zero-order valence-electron chi connectivity index (χ0n) is 12.0. The minimum Gasteiger partial charge on any atom is -0.391 e. The molecule has 0 radical (unpaired) electrons. The first-order chi connectivity index (χ1) is 8.09. The molecular formula is C15H31NO. The van der Waals surface area contributed by atoms with Crippen LogP contribution >= 0.6 is 0 Å². The predicted octanol–water partition coefficient (Wildman–Crippen LogP) is 3.58. The van der Waals surface area contributed by atoms with Crippen LogP contribution in [0.5, 0.6) is 0 Å². The monoisotopic (exact) mass is 241 g/mol. The molecular weight excluding hydrogens is 210 g/mol. The molecule has 0 aliphatic carbocycles. The molecule has 1 fully saturated rings. The average Bonchev–Trinajstić information content (AvgIpc) is 2.82. The van der Waals surface area contributed by atoms with Crippen molar-refractivity contribution in [2.45, 2.75) is 83.8 Å². The Morgan fingerprint density at radius 2 is 1.65 bits per heavy atom. The van der Waals surface area contributed by atoms with E-state index in [4.69, 9.17) is 0 Å². The number of rotatable bonds is 8. The summed E-state index contributed by atoms with van der Waals surface area (Å²) in [6.07, 6.45) is 9.81. The molecule has 0 amide bonds. The van der Waals surface area contributed by atoms with Gasteiger partial charge in [-0.15, -0.1) is 0 Å². The van der Waals surface area contributed by atoms with Gasteiger partial charge in [0.2, 0.25) is 0 Å². The Morgan fingerprint density at radius 3 is 2.24 bits per heavy atom. The van der Waals surface area contributed by atoms with E-state index in [0.717, 1.165) is 6.42 Å². The van der Waals surface area contributed by atoms with E-state index in [9.17, 15) is 5.11 Å². The highest BCUT2D eigenvalue weighted by Gasteiger charge is 2.35. The van der Waals surface area contributed by atoms with Crippen molar-refractivity contribution in [2.75, 3.05) is 13.1 Å². The summed E-state index contributed by atoms with van der Waals surface area (Å²) in [6.45, 7) is 8.98. The second-order valence-electron chi connectivity index (χ2n) is 6.07. The van der Waals surface area contributed by atoms with Crippen molar-refractivity contribution < 1.29 is 5.11 Å². The Kier molecular flexibility index (Phi) is 6.50. The van der Waals surface area contributed by atoms with E-state index in [1.54, 1.807) is 0 Å². The van der Waals surface area contributed by atoms with Crippen LogP contribution in [0.1, 0.15) is 72.1 Å². The third kappa shape index (κ3) is 4.59. The van der Waals surface area contributed by atoms with E-state index in [1.165, 1.54) is 58.0 Å². The van der Waals surface area contributed by atoms with Crippen molar-refractivity contribution in [3.05, 3.63) is 0 Å². The number of hydrogen-bond acceptors (Lipinski definition) is 2. The van der Waals surface area contributed by atoms with E-state index in [0.29, 0.717) is 0 Å². The molecule has 0 saturated carbocycles. The molecule has 1 unspecified atom stereocenters. The van der Waals surface area contributed by atoms with Gasteiger partial charge in [-0.2, -0.15) is 0 Å². The minimum atomic E-state index is -0.165. The normalized spacial score (nSPS) is 19.8. The molecule has 0 spiro atoms. The van der Waals surface area contributed by atoms with Crippen LogP contribution in [0.3, 0.4) is 0 Å². The van der Waals surface area contributed by atoms with E-state index < -0.39 is 0 Å². The van der Waals surface area contributed by atoms with E-state index >= 15 is 0 Å². The first-order valence-corrected chi connectivity index (χ1v) is 7.52. The fourth-order valence-corrected chi connectivity index (χ4v) is 2.80. The summed E-state index contributed by atoms with van der Waals surface area (Å²) in [6, 6.07) is 0. The second-order valence-corrected chi connectivity index (χ2v) is 6.07. The van der Waals surface area contributed by atoms with Gasteiger partial charge >= 0.3 is 0 Å². The molecule has 1 aliphatic heterocycles. The quantitative estimate of drug-likeness (QED) is 0.657. The fraction of sp³-hybridized carbons (Fsp3) is 1.00. The minimum absolute atomic E-state index is 0.0265. The topological polar surface area (TPSA) is 23.5 Å². The molecule has 102 valence electrons. The van der Waals surface area contributed by atoms with Crippen molar-refractivity contribution in [3.63, 3.8) is 0 Å². The third-order valence-electron chi connectivity index (χ3n) is 4.32. The number of unbranched alkanes of at least 4 members (excludes halogenated alkanes) is 4. The maximum Gasteiger partial charge on any atom is 0.0718 e. The molecule has 17 heavy (non-hydrogen) atoms. The standard InChI is InChI=1S/C15H31NO/c1-4-5-6-7-8-11-14(17)15(2,3)16-12-9-10-13-16/h14,17H,4-13H2,1-3H3. The highest BCUT2D eigenvalue weighted by molar-refractivity contribution is 4.90. The Bertz CT molecular complexity index is 197. The van der Waals surface area contributed by atoms with Gasteiger partial charge in [0.1, 0.15) is 0 Å². The van der Waals surface area contributed by atoms with Crippen LogP contribution in [0.2, 0.25) is 0 Å². The third-order valence-corrected chi connectivity index (χ3v) is 4.32. The molecule has 1 rings (SSSR count). The van der Waals surface area contributed by atoms with Crippen molar-refractivity contribution in [3.8, 4) is 0 Å². The van der Waals surface area contributed by atoms with Crippen molar-refractivity contribution in [2.24, 2.45) is 0 Å². The lowest BCUT2D eigenvalue weighted by Crippen LogP contribution is -2.51. The summed E-state index contributed by atoms with van der Waals surface area (Å²) in [5.74, 6) is 0. The lowest BCUT2D eigenvalue weighted by atomic mass is 9.91. The summed E-state index contributed by atoms with van der Waals surface area (Å²) >= 11 is 0. The Labute approximate surface area is 107 Å². The number of aliphatic hydroxyl groups excluding tert-OH is 1. The van der Waals surface area contributed by atoms with Gasteiger partial charge < -0.3 is 5.11 Å². The number of nitrogens with zero attached hydrogens (tertiary/aromatic N) is 1. The maximum atomic E-state index is 10.4. The molecule has 1 heterocycles. The molecule has 1 N–H and O–H groups in total. The molecule has 1 aliphatic rings. The van der Waals surface area contributed by atoms with Gasteiger partial charge in [-0.3, -0.25) is 4.90 Å². The maximum absolute atomic E-state index is 10.4. The van der Waals surface area contributed by atoms with E-state index in [-0.39, 0.29) is 11.6 Å². The van der Waals surface area contributed by atoms with Gasteiger partial charge in [0.15, 0.2) is 0 Å². The predicted molar refractivity (Wildman–Crippen MR) is 74.3 cm³/mol. The molecule has 0 aromatic heterocycles. The van der Waals surface area contributed by atoms with Gasteiger partial charge in [0, 0.05) is 5.54 Å². The smallest absolute Gasteiger partial charge is 0.0718 e. The van der Waals surface area contributed by atoms with Crippen LogP contribution in [0.15, 0.2) is 0 Å². The van der Waals surface area contributed by atoms with Gasteiger partial charge in [-0.25, -0.2) is 0 Å². The molecule has 2 nitrogen and oxygen atoms in total. The molecule has 0 bridgehead atoms. The fourth-order valence-electron chi connectivity index (χ4n) is 2.80. The van der Waals surface area contributed by atoms with Crippen LogP contribution in [0.4, 0.5) is 0 Å². The summed E-state index contributed by atoms with van der Waals surface area (Å²) in [5.41, 5.74) is -0.0265. The molecule has 1 saturated heterocycles. The van der Waals surface area contributed by atoms with Crippen molar-refractivity contribution in [1.82, 2.24) is 4.90 Å². The summed E-state index contributed by atoms with van der Waals surface area (Å²) in [4.78, 5) is 2.46. The zero-order chi connectivity index (χ0) is 12.7. The molecule has 0 aromatic rings. The number of aliphatic hydroxyl groups is 1. The Morgan fingerprint density at radius 1 is 1.06 bits per heavy atom. The number of likely N-dealkylation sites (tertiary alicyclic amines) is 1. The summed E-state index contributed by atoms with van der Waals surface area (Å²) < 4.78 is 0. The Hall–Kier alpha value is -0.0800. The van der Waals surface area contributed by atoms with Crippen LogP contribution in [-0.4, -0.2) is 34.7 Å². The SMILES string of the molecule is CCCCCCCC(O)C(C)(C)N1CCCC1. The first kappa shape index (κ1) is 15.0. The van der Waals surface area contributed by atoms with E-state index in [1.807, 2.05) is 0 Å². The van der Waals surface area contributed by atoms with Crippen LogP contribution in [-0.2, 0) is 0 Å². The van der Waals surface area contributed by atoms with Gasteiger partial charge in [0.25, 0.3) is 0 Å². The van der Waals surface area contributed by atoms with Crippen LogP contribution in [0.25, 0.3) is 0 Å². The average molecular weight is 241 g/mol. The van der Waals surface area contributed by atoms with Crippen molar-refractivity contribution in [1.29, 1.82) is 0 Å². The molecule has 0 aromatic carbocycles. The Balaban J connectivity index is 2.22. The van der Waals surface area contributed by atoms with Crippen LogP contribution in [0, 0.1) is 0 Å². The van der Waals surface area contributed by atoms with E-state index in [2.05, 4.69) is 25.7 Å². The summed E-state index contributed by atoms with van der Waals surface area (Å²) in [7, 11) is 0. The highest BCUT2D eigenvalue weighted by Crippen LogP contribution is 2.26. The molecule has 1 atom stereocenters. The van der Waals surface area contributed by atoms with Gasteiger partial charge in [-0.1, -0.05) is 39.0 Å². The van der Waals surface area contributed by atoms with Gasteiger partial charge in [-0.05, 0) is 46.2 Å².